The number of nitrogens with zero attached hydrogens (tertiary/aromatic N) is 4. The van der Waals surface area contributed by atoms with Crippen molar-refractivity contribution in [2.75, 3.05) is 33.8 Å². The fourth-order valence-electron chi connectivity index (χ4n) is 4.91. The maximum atomic E-state index is 13.7. The fourth-order valence-corrected chi connectivity index (χ4v) is 4.91. The van der Waals surface area contributed by atoms with Gasteiger partial charge in [-0.3, -0.25) is 14.3 Å². The molecule has 1 aliphatic heterocycles. The number of carbonyl (C=O) groups is 2. The number of nitrogens with one attached hydrogen (secondary N) is 1. The maximum Gasteiger partial charge on any atom is 0.273 e. The first kappa shape index (κ1) is 24.3. The van der Waals surface area contributed by atoms with Crippen molar-refractivity contribution in [1.29, 1.82) is 0 Å². The zero-order valence-corrected chi connectivity index (χ0v) is 20.8. The molecule has 2 aliphatic rings. The molecule has 2 aromatic rings. The highest BCUT2D eigenvalue weighted by Crippen LogP contribution is 2.31. The van der Waals surface area contributed by atoms with E-state index in [1.807, 2.05) is 63.2 Å². The van der Waals surface area contributed by atoms with E-state index in [-0.39, 0.29) is 17.9 Å². The molecule has 34 heavy (non-hydrogen) atoms. The van der Waals surface area contributed by atoms with E-state index in [0.717, 1.165) is 42.7 Å². The second-order valence-electron chi connectivity index (χ2n) is 9.87. The Kier molecular flexibility index (Phi) is 7.26. The van der Waals surface area contributed by atoms with E-state index in [2.05, 4.69) is 5.32 Å². The van der Waals surface area contributed by atoms with Gasteiger partial charge >= 0.3 is 0 Å². The van der Waals surface area contributed by atoms with Gasteiger partial charge in [-0.1, -0.05) is 19.3 Å². The van der Waals surface area contributed by atoms with E-state index in [0.29, 0.717) is 31.9 Å². The highest BCUT2D eigenvalue weighted by molar-refractivity contribution is 6.00. The highest BCUT2D eigenvalue weighted by atomic mass is 16.5. The summed E-state index contributed by atoms with van der Waals surface area (Å²) in [7, 11) is 3.95. The summed E-state index contributed by atoms with van der Waals surface area (Å²) in [5, 5.41) is 7.99. The van der Waals surface area contributed by atoms with Gasteiger partial charge in [-0.05, 0) is 71.1 Å². The summed E-state index contributed by atoms with van der Waals surface area (Å²) in [6.07, 6.45) is 5.51. The Morgan fingerprint density at radius 1 is 1.21 bits per heavy atom. The number of benzene rings is 1. The summed E-state index contributed by atoms with van der Waals surface area (Å²) in [5.74, 6) is 0.558. The Morgan fingerprint density at radius 3 is 2.56 bits per heavy atom. The van der Waals surface area contributed by atoms with Crippen LogP contribution in [0.15, 0.2) is 30.3 Å². The van der Waals surface area contributed by atoms with Gasteiger partial charge in [0.05, 0.1) is 18.8 Å². The molecule has 8 nitrogen and oxygen atoms in total. The Morgan fingerprint density at radius 2 is 1.91 bits per heavy atom. The Labute approximate surface area is 202 Å². The average Bonchev–Trinajstić information content (AvgIpc) is 3.24. The Hall–Kier alpha value is -2.87. The summed E-state index contributed by atoms with van der Waals surface area (Å²) >= 11 is 0. The average molecular weight is 468 g/mol. The summed E-state index contributed by atoms with van der Waals surface area (Å²) in [5.41, 5.74) is 1.15. The van der Waals surface area contributed by atoms with Crippen LogP contribution in [0.3, 0.4) is 0 Å². The van der Waals surface area contributed by atoms with Gasteiger partial charge in [0.15, 0.2) is 0 Å². The predicted octanol–water partition coefficient (Wildman–Crippen LogP) is 3.17. The molecule has 1 saturated carbocycles. The van der Waals surface area contributed by atoms with Gasteiger partial charge in [0, 0.05) is 24.7 Å². The second-order valence-corrected chi connectivity index (χ2v) is 9.87. The number of likely N-dealkylation sites (N-methyl/N-ethyl adjacent to an activating group) is 1. The van der Waals surface area contributed by atoms with Crippen LogP contribution in [0.4, 0.5) is 0 Å². The van der Waals surface area contributed by atoms with E-state index in [9.17, 15) is 9.59 Å². The third kappa shape index (κ3) is 4.97. The molecule has 2 amide bonds. The number of rotatable bonds is 8. The highest BCUT2D eigenvalue weighted by Gasteiger charge is 2.48. The van der Waals surface area contributed by atoms with Gasteiger partial charge in [0.1, 0.15) is 17.0 Å². The fraction of sp³-hybridized carbons (Fsp3) is 0.577. The second kappa shape index (κ2) is 10.2. The first-order valence-electron chi connectivity index (χ1n) is 12.4. The molecule has 1 aromatic heterocycles. The number of amides is 2. The van der Waals surface area contributed by atoms with E-state index < -0.39 is 5.54 Å². The van der Waals surface area contributed by atoms with Gasteiger partial charge < -0.3 is 19.9 Å². The van der Waals surface area contributed by atoms with Crippen molar-refractivity contribution in [2.24, 2.45) is 0 Å². The predicted molar refractivity (Wildman–Crippen MR) is 132 cm³/mol. The number of hydrogen-bond acceptors (Lipinski definition) is 5. The van der Waals surface area contributed by atoms with Crippen molar-refractivity contribution in [2.45, 2.75) is 64.1 Å². The van der Waals surface area contributed by atoms with Gasteiger partial charge in [-0.2, -0.15) is 5.10 Å². The Balaban J connectivity index is 1.63. The Bertz CT molecular complexity index is 1010. The van der Waals surface area contributed by atoms with Crippen LogP contribution in [0.25, 0.3) is 11.3 Å². The lowest BCUT2D eigenvalue weighted by atomic mass is 9.91. The number of fused-ring (bicyclic) bond motifs is 1. The maximum absolute atomic E-state index is 13.7. The first-order chi connectivity index (χ1) is 16.3. The number of ether oxygens (including phenoxy) is 1. The number of carbonyl (C=O) groups excluding carboxylic acids is 2. The monoisotopic (exact) mass is 467 g/mol. The van der Waals surface area contributed by atoms with Crippen LogP contribution in [0.2, 0.25) is 0 Å². The van der Waals surface area contributed by atoms with Crippen LogP contribution in [-0.2, 0) is 11.3 Å². The van der Waals surface area contributed by atoms with Crippen molar-refractivity contribution in [3.63, 3.8) is 0 Å². The van der Waals surface area contributed by atoms with Crippen molar-refractivity contribution in [3.8, 4) is 17.0 Å². The summed E-state index contributed by atoms with van der Waals surface area (Å²) in [6.45, 7) is 5.92. The van der Waals surface area contributed by atoms with E-state index in [1.165, 1.54) is 6.42 Å². The van der Waals surface area contributed by atoms with Crippen molar-refractivity contribution >= 4 is 11.8 Å². The smallest absolute Gasteiger partial charge is 0.273 e. The van der Waals surface area contributed by atoms with Crippen LogP contribution in [0.1, 0.15) is 56.4 Å². The van der Waals surface area contributed by atoms with Crippen LogP contribution in [0, 0.1) is 0 Å². The number of hydrogen-bond donors (Lipinski definition) is 1. The quantitative estimate of drug-likeness (QED) is 0.645. The summed E-state index contributed by atoms with van der Waals surface area (Å²) in [6, 6.07) is 9.72. The minimum atomic E-state index is -1.00. The van der Waals surface area contributed by atoms with Crippen LogP contribution < -0.4 is 10.1 Å². The molecule has 1 aliphatic carbocycles. The van der Waals surface area contributed by atoms with Crippen molar-refractivity contribution in [1.82, 2.24) is 24.9 Å². The molecule has 1 fully saturated rings. The molecule has 0 unspecified atom stereocenters. The van der Waals surface area contributed by atoms with Crippen LogP contribution in [0.5, 0.6) is 5.75 Å². The standard InChI is InChI=1S/C26H37N5O3/c1-5-34-21-13-11-19(12-14-21)22-17-23-24(32)30(16-15-29(3)4)26(2,18-31(23)28-22)25(33)27-20-9-7-6-8-10-20/h11-14,17,20H,5-10,15-16,18H2,1-4H3,(H,27,33)/t26-/m1/s1. The molecule has 0 bridgehead atoms. The molecule has 0 radical (unpaired) electrons. The normalized spacial score (nSPS) is 21.0. The largest absolute Gasteiger partial charge is 0.494 e. The molecule has 1 aromatic carbocycles. The summed E-state index contributed by atoms with van der Waals surface area (Å²) < 4.78 is 7.25. The lowest BCUT2D eigenvalue weighted by Gasteiger charge is -2.44. The lowest BCUT2D eigenvalue weighted by molar-refractivity contribution is -0.134. The minimum Gasteiger partial charge on any atom is -0.494 e. The molecule has 184 valence electrons. The van der Waals surface area contributed by atoms with Gasteiger partial charge in [0.2, 0.25) is 5.91 Å². The number of aromatic nitrogens is 2. The molecule has 2 heterocycles. The van der Waals surface area contributed by atoms with Crippen LogP contribution >= 0.6 is 0 Å². The molecule has 4 rings (SSSR count). The van der Waals surface area contributed by atoms with Gasteiger partial charge in [-0.25, -0.2) is 0 Å². The molecular formula is C26H37N5O3. The molecule has 1 atom stereocenters. The van der Waals surface area contributed by atoms with E-state index in [4.69, 9.17) is 9.84 Å². The molecule has 0 saturated heterocycles. The zero-order valence-electron chi connectivity index (χ0n) is 20.8. The van der Waals surface area contributed by atoms with Crippen molar-refractivity contribution < 1.29 is 14.3 Å². The molecule has 0 spiro atoms. The SMILES string of the molecule is CCOc1ccc(-c2cc3n(n2)C[C@](C)(C(=O)NC2CCCCC2)N(CCN(C)C)C3=O)cc1. The molecule has 8 heteroatoms. The molecule has 1 N–H and O–H groups in total. The van der Waals surface area contributed by atoms with Gasteiger partial charge in [0.25, 0.3) is 5.91 Å². The summed E-state index contributed by atoms with van der Waals surface area (Å²) in [4.78, 5) is 31.0. The van der Waals surface area contributed by atoms with Gasteiger partial charge in [-0.15, -0.1) is 0 Å². The van der Waals surface area contributed by atoms with Crippen molar-refractivity contribution in [3.05, 3.63) is 36.0 Å². The first-order valence-corrected chi connectivity index (χ1v) is 12.4. The molecular weight excluding hydrogens is 430 g/mol. The topological polar surface area (TPSA) is 79.7 Å². The third-order valence-electron chi connectivity index (χ3n) is 6.96. The van der Waals surface area contributed by atoms with Crippen LogP contribution in [-0.4, -0.2) is 76.8 Å². The van der Waals surface area contributed by atoms with E-state index >= 15 is 0 Å². The zero-order chi connectivity index (χ0) is 24.3. The van der Waals surface area contributed by atoms with E-state index in [1.54, 1.807) is 9.58 Å². The minimum absolute atomic E-state index is 0.0877. The third-order valence-corrected chi connectivity index (χ3v) is 6.96. The lowest BCUT2D eigenvalue weighted by Crippen LogP contribution is -2.65.